The normalized spacial score (nSPS) is 20.5. The molecule has 0 unspecified atom stereocenters. The monoisotopic (exact) mass is 321 g/mol. The molecule has 5 nitrogen and oxygen atoms in total. The maximum Gasteiger partial charge on any atom is 0.415 e. The third kappa shape index (κ3) is 3.93. The number of amides is 1. The molecule has 0 bridgehead atoms. The van der Waals surface area contributed by atoms with Gasteiger partial charge in [0.15, 0.2) is 11.6 Å². The molecular weight excluding hydrogens is 297 g/mol. The highest BCUT2D eigenvalue weighted by Gasteiger charge is 2.30. The average molecular weight is 321 g/mol. The molecular formula is C17H24FN3O2. The highest BCUT2D eigenvalue weighted by molar-refractivity contribution is 5.71. The van der Waals surface area contributed by atoms with Crippen molar-refractivity contribution in [1.82, 2.24) is 10.2 Å². The average Bonchev–Trinajstić information content (AvgIpc) is 2.58. The van der Waals surface area contributed by atoms with Gasteiger partial charge in [0, 0.05) is 24.8 Å². The van der Waals surface area contributed by atoms with Gasteiger partial charge in [0.1, 0.15) is 0 Å². The number of carbonyl (C=O) groups is 1. The van der Waals surface area contributed by atoms with Crippen LogP contribution < -0.4 is 15.8 Å². The Labute approximate surface area is 136 Å². The first-order valence-electron chi connectivity index (χ1n) is 8.36. The van der Waals surface area contributed by atoms with E-state index in [0.29, 0.717) is 24.7 Å². The zero-order chi connectivity index (χ0) is 16.2. The number of anilines is 1. The number of piperidine rings is 2. The highest BCUT2D eigenvalue weighted by atomic mass is 19.1. The molecule has 1 aromatic rings. The van der Waals surface area contributed by atoms with Gasteiger partial charge in [-0.1, -0.05) is 0 Å². The van der Waals surface area contributed by atoms with Crippen LogP contribution in [-0.4, -0.2) is 37.2 Å². The fraction of sp³-hybridized carbons (Fsp3) is 0.588. The lowest BCUT2D eigenvalue weighted by molar-refractivity contribution is 0.110. The second-order valence-corrected chi connectivity index (χ2v) is 6.47. The minimum atomic E-state index is -0.608. The van der Waals surface area contributed by atoms with E-state index in [0.717, 1.165) is 37.9 Å². The third-order valence-electron chi connectivity index (χ3n) is 5.00. The molecule has 0 aliphatic carbocycles. The number of nitrogens with two attached hydrogens (primary N) is 1. The van der Waals surface area contributed by atoms with Crippen molar-refractivity contribution in [3.63, 3.8) is 0 Å². The van der Waals surface area contributed by atoms with Gasteiger partial charge >= 0.3 is 6.09 Å². The molecule has 0 spiro atoms. The summed E-state index contributed by atoms with van der Waals surface area (Å²) in [6.07, 6.45) is 3.99. The van der Waals surface area contributed by atoms with Gasteiger partial charge in [-0.15, -0.1) is 0 Å². The molecule has 1 amide bonds. The maximum atomic E-state index is 13.7. The van der Waals surface area contributed by atoms with Gasteiger partial charge in [-0.3, -0.25) is 0 Å². The van der Waals surface area contributed by atoms with E-state index in [9.17, 15) is 9.18 Å². The van der Waals surface area contributed by atoms with Crippen LogP contribution in [0.3, 0.4) is 0 Å². The van der Waals surface area contributed by atoms with Gasteiger partial charge in [0.25, 0.3) is 0 Å². The second kappa shape index (κ2) is 7.17. The van der Waals surface area contributed by atoms with Crippen molar-refractivity contribution in [2.45, 2.75) is 25.7 Å². The van der Waals surface area contributed by atoms with E-state index in [2.05, 4.69) is 5.32 Å². The van der Waals surface area contributed by atoms with Gasteiger partial charge in [-0.25, -0.2) is 9.18 Å². The van der Waals surface area contributed by atoms with Gasteiger partial charge < -0.3 is 20.7 Å². The van der Waals surface area contributed by atoms with Crippen LogP contribution >= 0.6 is 0 Å². The van der Waals surface area contributed by atoms with E-state index >= 15 is 0 Å². The number of carbonyl (C=O) groups excluding carboxylic acids is 1. The SMILES string of the molecule is Nc1ccc(OC(=O)N2CCC(C3CCNCC3)CC2)c(F)c1. The Morgan fingerprint density at radius 2 is 1.83 bits per heavy atom. The van der Waals surface area contributed by atoms with Crippen LogP contribution in [0.4, 0.5) is 14.9 Å². The molecule has 23 heavy (non-hydrogen) atoms. The number of ether oxygens (including phenoxy) is 1. The molecule has 6 heteroatoms. The van der Waals surface area contributed by atoms with Crippen molar-refractivity contribution in [3.8, 4) is 5.75 Å². The Balaban J connectivity index is 1.51. The lowest BCUT2D eigenvalue weighted by Gasteiger charge is -2.37. The van der Waals surface area contributed by atoms with Gasteiger partial charge in [0.05, 0.1) is 0 Å². The molecule has 0 saturated carbocycles. The molecule has 0 aromatic heterocycles. The summed E-state index contributed by atoms with van der Waals surface area (Å²) < 4.78 is 18.9. The van der Waals surface area contributed by atoms with E-state index in [1.165, 1.54) is 25.0 Å². The van der Waals surface area contributed by atoms with Crippen LogP contribution in [0.2, 0.25) is 0 Å². The van der Waals surface area contributed by atoms with E-state index in [1.807, 2.05) is 0 Å². The summed E-state index contributed by atoms with van der Waals surface area (Å²) in [6.45, 7) is 3.57. The number of benzene rings is 1. The van der Waals surface area contributed by atoms with Crippen molar-refractivity contribution in [2.75, 3.05) is 31.9 Å². The predicted molar refractivity (Wildman–Crippen MR) is 86.7 cm³/mol. The van der Waals surface area contributed by atoms with Gasteiger partial charge in [0.2, 0.25) is 0 Å². The minimum absolute atomic E-state index is 0.0651. The number of hydrogen-bond donors (Lipinski definition) is 2. The molecule has 2 aliphatic heterocycles. The van der Waals surface area contributed by atoms with E-state index < -0.39 is 11.9 Å². The summed E-state index contributed by atoms with van der Waals surface area (Å²) in [4.78, 5) is 13.9. The summed E-state index contributed by atoms with van der Waals surface area (Å²) in [5.74, 6) is 0.783. The first kappa shape index (κ1) is 16.1. The molecule has 1 aromatic carbocycles. The topological polar surface area (TPSA) is 67.6 Å². The third-order valence-corrected chi connectivity index (χ3v) is 5.00. The van der Waals surface area contributed by atoms with Crippen molar-refractivity contribution in [3.05, 3.63) is 24.0 Å². The lowest BCUT2D eigenvalue weighted by atomic mass is 9.79. The van der Waals surface area contributed by atoms with Crippen molar-refractivity contribution in [1.29, 1.82) is 0 Å². The standard InChI is InChI=1S/C17H24FN3O2/c18-15-11-14(19)1-2-16(15)23-17(22)21-9-5-13(6-10-21)12-3-7-20-8-4-12/h1-2,11-13,20H,3-10,19H2. The number of likely N-dealkylation sites (tertiary alicyclic amines) is 1. The van der Waals surface area contributed by atoms with Gasteiger partial charge in [-0.2, -0.15) is 0 Å². The molecule has 2 saturated heterocycles. The zero-order valence-corrected chi connectivity index (χ0v) is 13.3. The maximum absolute atomic E-state index is 13.7. The first-order valence-corrected chi connectivity index (χ1v) is 8.36. The highest BCUT2D eigenvalue weighted by Crippen LogP contribution is 2.31. The minimum Gasteiger partial charge on any atom is -0.407 e. The largest absolute Gasteiger partial charge is 0.415 e. The number of nitrogen functional groups attached to an aromatic ring is 1. The summed E-state index contributed by atoms with van der Waals surface area (Å²) in [5, 5.41) is 3.39. The molecule has 3 N–H and O–H groups in total. The van der Waals surface area contributed by atoms with E-state index in [1.54, 1.807) is 4.90 Å². The van der Waals surface area contributed by atoms with Crippen LogP contribution in [0, 0.1) is 17.7 Å². The Kier molecular flexibility index (Phi) is 5.00. The van der Waals surface area contributed by atoms with Crippen LogP contribution in [0.25, 0.3) is 0 Å². The predicted octanol–water partition coefficient (Wildman–Crippen LogP) is 2.62. The van der Waals surface area contributed by atoms with Crippen molar-refractivity contribution >= 4 is 11.8 Å². The summed E-state index contributed by atoms with van der Waals surface area (Å²) >= 11 is 0. The van der Waals surface area contributed by atoms with Crippen molar-refractivity contribution < 1.29 is 13.9 Å². The Morgan fingerprint density at radius 1 is 1.17 bits per heavy atom. The smallest absolute Gasteiger partial charge is 0.407 e. The summed E-state index contributed by atoms with van der Waals surface area (Å²) in [7, 11) is 0. The summed E-state index contributed by atoms with van der Waals surface area (Å²) in [5.41, 5.74) is 5.80. The Bertz CT molecular complexity index is 553. The van der Waals surface area contributed by atoms with E-state index in [4.69, 9.17) is 10.5 Å². The van der Waals surface area contributed by atoms with Crippen LogP contribution in [0.5, 0.6) is 5.75 Å². The fourth-order valence-corrected chi connectivity index (χ4v) is 3.63. The Hall–Kier alpha value is -1.82. The van der Waals surface area contributed by atoms with Crippen LogP contribution in [0.1, 0.15) is 25.7 Å². The number of rotatable bonds is 2. The molecule has 3 rings (SSSR count). The van der Waals surface area contributed by atoms with Crippen LogP contribution in [-0.2, 0) is 0 Å². The quantitative estimate of drug-likeness (QED) is 0.822. The number of nitrogens with zero attached hydrogens (tertiary/aromatic N) is 1. The van der Waals surface area contributed by atoms with Crippen molar-refractivity contribution in [2.24, 2.45) is 11.8 Å². The zero-order valence-electron chi connectivity index (χ0n) is 13.3. The Morgan fingerprint density at radius 3 is 2.48 bits per heavy atom. The number of halogens is 1. The lowest BCUT2D eigenvalue weighted by Crippen LogP contribution is -2.43. The van der Waals surface area contributed by atoms with Gasteiger partial charge in [-0.05, 0) is 62.7 Å². The number of nitrogens with one attached hydrogen (secondary N) is 1. The molecule has 0 radical (unpaired) electrons. The molecule has 0 atom stereocenters. The first-order chi connectivity index (χ1) is 11.1. The molecule has 2 aliphatic rings. The molecule has 2 heterocycles. The van der Waals surface area contributed by atoms with Crippen LogP contribution in [0.15, 0.2) is 18.2 Å². The molecule has 2 fully saturated rings. The van der Waals surface area contributed by atoms with E-state index in [-0.39, 0.29) is 5.75 Å². The summed E-state index contributed by atoms with van der Waals surface area (Å²) in [6, 6.07) is 4.07. The number of hydrogen-bond acceptors (Lipinski definition) is 4. The fourth-order valence-electron chi connectivity index (χ4n) is 3.63. The molecule has 126 valence electrons. The second-order valence-electron chi connectivity index (χ2n) is 6.47.